The lowest BCUT2D eigenvalue weighted by Crippen LogP contribution is -2.47. The molecule has 0 aliphatic carbocycles. The number of hydrogen-bond acceptors (Lipinski definition) is 4. The predicted octanol–water partition coefficient (Wildman–Crippen LogP) is 1.45. The van der Waals surface area contributed by atoms with Crippen molar-refractivity contribution in [3.63, 3.8) is 0 Å². The summed E-state index contributed by atoms with van der Waals surface area (Å²) < 4.78 is 0. The molecule has 1 aliphatic rings. The van der Waals surface area contributed by atoms with E-state index in [0.717, 1.165) is 25.9 Å². The van der Waals surface area contributed by atoms with Crippen LogP contribution in [0.2, 0.25) is 5.02 Å². The van der Waals surface area contributed by atoms with Crippen LogP contribution in [0.1, 0.15) is 23.2 Å². The molecule has 0 bridgehead atoms. The highest BCUT2D eigenvalue weighted by atomic mass is 35.5. The molecular weight excluding hydrogens is 290 g/mol. The number of benzene rings is 1. The zero-order valence-electron chi connectivity index (χ0n) is 12.3. The largest absolute Gasteiger partial charge is 0.398 e. The van der Waals surface area contributed by atoms with Crippen molar-refractivity contribution in [2.45, 2.75) is 18.9 Å². The van der Waals surface area contributed by atoms with Gasteiger partial charge >= 0.3 is 0 Å². The third kappa shape index (κ3) is 3.67. The molecule has 1 aliphatic heterocycles. The maximum atomic E-state index is 12.7. The van der Waals surface area contributed by atoms with Crippen molar-refractivity contribution in [3.05, 3.63) is 28.8 Å². The van der Waals surface area contributed by atoms with Gasteiger partial charge in [-0.25, -0.2) is 0 Å². The zero-order chi connectivity index (χ0) is 15.4. The Bertz CT molecular complexity index is 502. The molecule has 1 aromatic rings. The van der Waals surface area contributed by atoms with Crippen LogP contribution in [0.15, 0.2) is 18.2 Å². The second-order valence-corrected chi connectivity index (χ2v) is 5.84. The SMILES string of the molecule is CN1CCC(N(CCO)C(=O)c2cccc(N)c2Cl)CC1. The standard InChI is InChI=1S/C15H22ClN3O2/c1-18-7-5-11(6-8-18)19(9-10-20)15(21)12-3-2-4-13(17)14(12)16/h2-4,11,20H,5-10,17H2,1H3. The minimum absolute atomic E-state index is 0.0575. The van der Waals surface area contributed by atoms with E-state index in [1.54, 1.807) is 23.1 Å². The smallest absolute Gasteiger partial charge is 0.255 e. The molecular formula is C15H22ClN3O2. The van der Waals surface area contributed by atoms with Crippen LogP contribution in [0.5, 0.6) is 0 Å². The van der Waals surface area contributed by atoms with E-state index in [9.17, 15) is 9.90 Å². The molecule has 0 radical (unpaired) electrons. The number of likely N-dealkylation sites (tertiary alicyclic amines) is 1. The van der Waals surface area contributed by atoms with E-state index in [0.29, 0.717) is 22.8 Å². The number of nitrogens with two attached hydrogens (primary N) is 1. The first kappa shape index (κ1) is 16.1. The molecule has 0 spiro atoms. The maximum absolute atomic E-state index is 12.7. The Morgan fingerprint density at radius 1 is 1.48 bits per heavy atom. The summed E-state index contributed by atoms with van der Waals surface area (Å²) >= 11 is 6.15. The summed E-state index contributed by atoms with van der Waals surface area (Å²) in [6, 6.07) is 5.21. The molecule has 1 fully saturated rings. The normalized spacial score (nSPS) is 16.9. The summed E-state index contributed by atoms with van der Waals surface area (Å²) in [4.78, 5) is 16.7. The van der Waals surface area contributed by atoms with Crippen molar-refractivity contribution < 1.29 is 9.90 Å². The van der Waals surface area contributed by atoms with E-state index in [2.05, 4.69) is 11.9 Å². The lowest BCUT2D eigenvalue weighted by Gasteiger charge is -2.37. The van der Waals surface area contributed by atoms with Gasteiger partial charge in [0.15, 0.2) is 0 Å². The van der Waals surface area contributed by atoms with Crippen molar-refractivity contribution in [1.29, 1.82) is 0 Å². The third-order valence-corrected chi connectivity index (χ3v) is 4.41. The van der Waals surface area contributed by atoms with Crippen LogP contribution in [0.25, 0.3) is 0 Å². The summed E-state index contributed by atoms with van der Waals surface area (Å²) in [6.45, 7) is 2.16. The van der Waals surface area contributed by atoms with Crippen molar-refractivity contribution in [3.8, 4) is 0 Å². The van der Waals surface area contributed by atoms with Gasteiger partial charge in [0.2, 0.25) is 0 Å². The number of rotatable bonds is 4. The van der Waals surface area contributed by atoms with Gasteiger partial charge in [-0.2, -0.15) is 0 Å². The molecule has 116 valence electrons. The molecule has 1 saturated heterocycles. The first-order valence-electron chi connectivity index (χ1n) is 7.19. The van der Waals surface area contributed by atoms with E-state index in [1.807, 2.05) is 0 Å². The average Bonchev–Trinajstić information content (AvgIpc) is 2.48. The van der Waals surface area contributed by atoms with E-state index < -0.39 is 0 Å². The van der Waals surface area contributed by atoms with E-state index >= 15 is 0 Å². The van der Waals surface area contributed by atoms with Gasteiger partial charge in [-0.3, -0.25) is 4.79 Å². The van der Waals surface area contributed by atoms with Gasteiger partial charge in [-0.05, 0) is 45.1 Å². The highest BCUT2D eigenvalue weighted by Gasteiger charge is 2.28. The fourth-order valence-corrected chi connectivity index (χ4v) is 2.94. The lowest BCUT2D eigenvalue weighted by atomic mass is 10.0. The van der Waals surface area contributed by atoms with E-state index in [-0.39, 0.29) is 18.6 Å². The monoisotopic (exact) mass is 311 g/mol. The summed E-state index contributed by atoms with van der Waals surface area (Å²) in [7, 11) is 2.07. The molecule has 0 saturated carbocycles. The minimum Gasteiger partial charge on any atom is -0.398 e. The molecule has 0 atom stereocenters. The van der Waals surface area contributed by atoms with E-state index in [4.69, 9.17) is 17.3 Å². The Balaban J connectivity index is 2.21. The topological polar surface area (TPSA) is 69.8 Å². The maximum Gasteiger partial charge on any atom is 0.255 e. The predicted molar refractivity (Wildman–Crippen MR) is 84.5 cm³/mol. The van der Waals surface area contributed by atoms with Crippen LogP contribution in [0.3, 0.4) is 0 Å². The Labute approximate surface area is 130 Å². The van der Waals surface area contributed by atoms with Gasteiger partial charge in [-0.15, -0.1) is 0 Å². The second-order valence-electron chi connectivity index (χ2n) is 5.47. The molecule has 1 aromatic carbocycles. The summed E-state index contributed by atoms with van der Waals surface area (Å²) in [5, 5.41) is 9.57. The second kappa shape index (κ2) is 7.11. The highest BCUT2D eigenvalue weighted by Crippen LogP contribution is 2.26. The number of amides is 1. The zero-order valence-corrected chi connectivity index (χ0v) is 13.0. The van der Waals surface area contributed by atoms with Gasteiger partial charge in [-0.1, -0.05) is 17.7 Å². The minimum atomic E-state index is -0.157. The lowest BCUT2D eigenvalue weighted by molar-refractivity contribution is 0.0540. The van der Waals surface area contributed by atoms with Crippen LogP contribution in [0, 0.1) is 0 Å². The number of carbonyl (C=O) groups is 1. The van der Waals surface area contributed by atoms with Crippen LogP contribution in [-0.4, -0.2) is 60.1 Å². The van der Waals surface area contributed by atoms with Gasteiger partial charge < -0.3 is 20.6 Å². The van der Waals surface area contributed by atoms with Crippen LogP contribution >= 0.6 is 11.6 Å². The average molecular weight is 312 g/mol. The third-order valence-electron chi connectivity index (χ3n) is 3.99. The van der Waals surface area contributed by atoms with Crippen molar-refractivity contribution in [2.75, 3.05) is 39.0 Å². The van der Waals surface area contributed by atoms with Gasteiger partial charge in [0, 0.05) is 12.6 Å². The number of carbonyl (C=O) groups excluding carboxylic acids is 1. The summed E-state index contributed by atoms with van der Waals surface area (Å²) in [5.74, 6) is -0.157. The Hall–Kier alpha value is -1.30. The molecule has 5 nitrogen and oxygen atoms in total. The quantitative estimate of drug-likeness (QED) is 0.826. The molecule has 6 heteroatoms. The number of aliphatic hydroxyl groups excluding tert-OH is 1. The molecule has 0 unspecified atom stereocenters. The summed E-state index contributed by atoms with van der Waals surface area (Å²) in [6.07, 6.45) is 1.81. The Morgan fingerprint density at radius 2 is 2.14 bits per heavy atom. The van der Waals surface area contributed by atoms with E-state index in [1.165, 1.54) is 0 Å². The molecule has 21 heavy (non-hydrogen) atoms. The van der Waals surface area contributed by atoms with Gasteiger partial charge in [0.25, 0.3) is 5.91 Å². The van der Waals surface area contributed by atoms with Crippen LogP contribution in [-0.2, 0) is 0 Å². The Morgan fingerprint density at radius 3 is 2.76 bits per heavy atom. The number of piperidine rings is 1. The van der Waals surface area contributed by atoms with Gasteiger partial charge in [0.1, 0.15) is 0 Å². The highest BCUT2D eigenvalue weighted by molar-refractivity contribution is 6.36. The Kier molecular flexibility index (Phi) is 5.45. The molecule has 3 N–H and O–H groups in total. The molecule has 2 rings (SSSR count). The van der Waals surface area contributed by atoms with Crippen molar-refractivity contribution in [1.82, 2.24) is 9.80 Å². The number of nitrogen functional groups attached to an aromatic ring is 1. The van der Waals surface area contributed by atoms with Crippen molar-refractivity contribution >= 4 is 23.2 Å². The molecule has 0 aromatic heterocycles. The van der Waals surface area contributed by atoms with Crippen LogP contribution < -0.4 is 5.73 Å². The first-order chi connectivity index (χ1) is 10.0. The number of hydrogen-bond donors (Lipinski definition) is 2. The van der Waals surface area contributed by atoms with Gasteiger partial charge in [0.05, 0.1) is 22.9 Å². The number of anilines is 1. The molecule has 1 heterocycles. The molecule has 1 amide bonds. The van der Waals surface area contributed by atoms with Crippen LogP contribution in [0.4, 0.5) is 5.69 Å². The number of halogens is 1. The first-order valence-corrected chi connectivity index (χ1v) is 7.56. The number of aliphatic hydroxyl groups is 1. The summed E-state index contributed by atoms with van der Waals surface area (Å²) in [5.41, 5.74) is 6.57. The number of nitrogens with zero attached hydrogens (tertiary/aromatic N) is 2. The van der Waals surface area contributed by atoms with Crippen molar-refractivity contribution in [2.24, 2.45) is 0 Å². The fourth-order valence-electron chi connectivity index (χ4n) is 2.73. The fraction of sp³-hybridized carbons (Fsp3) is 0.533.